The van der Waals surface area contributed by atoms with Crippen LogP contribution in [0.25, 0.3) is 0 Å². The van der Waals surface area contributed by atoms with Crippen LogP contribution in [0.3, 0.4) is 0 Å². The fraction of sp³-hybridized carbons (Fsp3) is 0.267. The van der Waals surface area contributed by atoms with Crippen LogP contribution in [0.4, 0.5) is 10.1 Å². The minimum atomic E-state index is -0.681. The van der Waals surface area contributed by atoms with Gasteiger partial charge in [0.15, 0.2) is 0 Å². The highest BCUT2D eigenvalue weighted by Gasteiger charge is 2.34. The Hall–Kier alpha value is -2.92. The van der Waals surface area contributed by atoms with Gasteiger partial charge in [0.1, 0.15) is 17.6 Å². The molecule has 2 N–H and O–H groups in total. The number of aliphatic hydroxyl groups excluding tert-OH is 1. The Labute approximate surface area is 131 Å². The number of carbonyl (C=O) groups excluding carboxylic acids is 2. The fourth-order valence-corrected chi connectivity index (χ4v) is 2.18. The SMILES string of the molecule is COC(=O)C1=C(Nc2ccc(F)c(C#N)c2)C(=O)N(CCO)C1. The van der Waals surface area contributed by atoms with Crippen LogP contribution in [0.1, 0.15) is 5.56 Å². The van der Waals surface area contributed by atoms with Crippen molar-refractivity contribution in [1.82, 2.24) is 4.90 Å². The molecule has 0 fully saturated rings. The number of rotatable bonds is 5. The van der Waals surface area contributed by atoms with E-state index in [9.17, 15) is 14.0 Å². The summed E-state index contributed by atoms with van der Waals surface area (Å²) in [6.45, 7) is -0.180. The molecule has 1 aromatic carbocycles. The van der Waals surface area contributed by atoms with Gasteiger partial charge < -0.3 is 20.1 Å². The van der Waals surface area contributed by atoms with Crippen molar-refractivity contribution in [3.63, 3.8) is 0 Å². The molecule has 8 heteroatoms. The quantitative estimate of drug-likeness (QED) is 0.760. The van der Waals surface area contributed by atoms with Crippen LogP contribution in [0.5, 0.6) is 0 Å². The summed E-state index contributed by atoms with van der Waals surface area (Å²) in [5, 5.41) is 20.5. The molecule has 1 amide bonds. The second-order valence-corrected chi connectivity index (χ2v) is 4.73. The minimum absolute atomic E-state index is 0.000696. The third-order valence-corrected chi connectivity index (χ3v) is 3.31. The molecule has 2 rings (SSSR count). The first kappa shape index (κ1) is 16.5. The lowest BCUT2D eigenvalue weighted by atomic mass is 10.2. The van der Waals surface area contributed by atoms with E-state index in [4.69, 9.17) is 10.4 Å². The molecule has 1 aliphatic rings. The number of ether oxygens (including phenoxy) is 1. The molecule has 0 radical (unpaired) electrons. The summed E-state index contributed by atoms with van der Waals surface area (Å²) in [5.74, 6) is -1.84. The number of aliphatic hydroxyl groups is 1. The maximum Gasteiger partial charge on any atom is 0.337 e. The van der Waals surface area contributed by atoms with Crippen LogP contribution in [0.2, 0.25) is 0 Å². The lowest BCUT2D eigenvalue weighted by Crippen LogP contribution is -2.31. The highest BCUT2D eigenvalue weighted by atomic mass is 19.1. The summed E-state index contributed by atoms with van der Waals surface area (Å²) in [6.07, 6.45) is 0. The first-order valence-corrected chi connectivity index (χ1v) is 6.70. The lowest BCUT2D eigenvalue weighted by molar-refractivity contribution is -0.136. The van der Waals surface area contributed by atoms with Crippen LogP contribution in [0, 0.1) is 17.1 Å². The van der Waals surface area contributed by atoms with Crippen molar-refractivity contribution < 1.29 is 23.8 Å². The van der Waals surface area contributed by atoms with Gasteiger partial charge in [0.2, 0.25) is 0 Å². The number of methoxy groups -OCH3 is 1. The van der Waals surface area contributed by atoms with E-state index in [1.807, 2.05) is 0 Å². The molecule has 0 aliphatic carbocycles. The maximum atomic E-state index is 13.3. The van der Waals surface area contributed by atoms with Crippen molar-refractivity contribution in [3.05, 3.63) is 40.8 Å². The molecule has 0 aromatic heterocycles. The van der Waals surface area contributed by atoms with Gasteiger partial charge in [-0.05, 0) is 18.2 Å². The van der Waals surface area contributed by atoms with Gasteiger partial charge >= 0.3 is 5.97 Å². The second kappa shape index (κ2) is 6.89. The number of amides is 1. The van der Waals surface area contributed by atoms with Gasteiger partial charge in [-0.1, -0.05) is 0 Å². The first-order valence-electron chi connectivity index (χ1n) is 6.70. The first-order chi connectivity index (χ1) is 11.0. The smallest absolute Gasteiger partial charge is 0.337 e. The van der Waals surface area contributed by atoms with Crippen molar-refractivity contribution in [2.75, 3.05) is 32.1 Å². The Balaban J connectivity index is 2.35. The summed E-state index contributed by atoms with van der Waals surface area (Å²) in [7, 11) is 1.19. The molecule has 0 spiro atoms. The number of anilines is 1. The van der Waals surface area contributed by atoms with Gasteiger partial charge in [-0.3, -0.25) is 4.79 Å². The van der Waals surface area contributed by atoms with E-state index in [1.165, 1.54) is 24.1 Å². The molecule has 0 saturated carbocycles. The Kier molecular flexibility index (Phi) is 4.93. The molecule has 1 heterocycles. The van der Waals surface area contributed by atoms with Gasteiger partial charge in [0, 0.05) is 12.2 Å². The van der Waals surface area contributed by atoms with Crippen molar-refractivity contribution >= 4 is 17.6 Å². The Morgan fingerprint density at radius 2 is 2.30 bits per heavy atom. The van der Waals surface area contributed by atoms with E-state index in [1.54, 1.807) is 6.07 Å². The normalized spacial score (nSPS) is 14.0. The van der Waals surface area contributed by atoms with Gasteiger partial charge in [-0.2, -0.15) is 5.26 Å². The maximum absolute atomic E-state index is 13.3. The monoisotopic (exact) mass is 319 g/mol. The van der Waals surface area contributed by atoms with Crippen molar-refractivity contribution in [3.8, 4) is 6.07 Å². The topological polar surface area (TPSA) is 103 Å². The number of nitrogens with zero attached hydrogens (tertiary/aromatic N) is 2. The third-order valence-electron chi connectivity index (χ3n) is 3.31. The molecule has 1 aliphatic heterocycles. The molecule has 0 bridgehead atoms. The van der Waals surface area contributed by atoms with Crippen molar-refractivity contribution in [2.45, 2.75) is 0 Å². The number of hydrogen-bond acceptors (Lipinski definition) is 6. The summed E-state index contributed by atoms with van der Waals surface area (Å²) in [6, 6.07) is 5.36. The third kappa shape index (κ3) is 3.30. The molecule has 7 nitrogen and oxygen atoms in total. The van der Waals surface area contributed by atoms with E-state index in [-0.39, 0.29) is 36.5 Å². The van der Waals surface area contributed by atoms with Gasteiger partial charge in [0.05, 0.1) is 31.4 Å². The van der Waals surface area contributed by atoms with Crippen LogP contribution >= 0.6 is 0 Å². The zero-order valence-corrected chi connectivity index (χ0v) is 12.3. The highest BCUT2D eigenvalue weighted by molar-refractivity contribution is 6.08. The molecule has 0 saturated heterocycles. The van der Waals surface area contributed by atoms with E-state index in [2.05, 4.69) is 10.1 Å². The predicted molar refractivity (Wildman–Crippen MR) is 77.4 cm³/mol. The number of halogens is 1. The Morgan fingerprint density at radius 1 is 1.57 bits per heavy atom. The number of hydrogen-bond donors (Lipinski definition) is 2. The fourth-order valence-electron chi connectivity index (χ4n) is 2.18. The minimum Gasteiger partial charge on any atom is -0.466 e. The van der Waals surface area contributed by atoms with E-state index >= 15 is 0 Å². The lowest BCUT2D eigenvalue weighted by Gasteiger charge is -2.15. The number of carbonyl (C=O) groups is 2. The largest absolute Gasteiger partial charge is 0.466 e. The molecule has 23 heavy (non-hydrogen) atoms. The summed E-state index contributed by atoms with van der Waals surface area (Å²) >= 11 is 0. The average Bonchev–Trinajstić information content (AvgIpc) is 2.85. The Bertz CT molecular complexity index is 724. The molecule has 0 unspecified atom stereocenters. The number of benzene rings is 1. The average molecular weight is 319 g/mol. The highest BCUT2D eigenvalue weighted by Crippen LogP contribution is 2.23. The van der Waals surface area contributed by atoms with Crippen molar-refractivity contribution in [1.29, 1.82) is 5.26 Å². The molecular weight excluding hydrogens is 305 g/mol. The summed E-state index contributed by atoms with van der Waals surface area (Å²) in [4.78, 5) is 25.4. The van der Waals surface area contributed by atoms with E-state index in [0.29, 0.717) is 5.69 Å². The van der Waals surface area contributed by atoms with Crippen LogP contribution in [0.15, 0.2) is 29.5 Å². The summed E-state index contributed by atoms with van der Waals surface area (Å²) in [5.41, 5.74) is 0.195. The van der Waals surface area contributed by atoms with E-state index < -0.39 is 17.7 Å². The summed E-state index contributed by atoms with van der Waals surface area (Å²) < 4.78 is 18.0. The van der Waals surface area contributed by atoms with Crippen molar-refractivity contribution in [2.24, 2.45) is 0 Å². The molecular formula is C15H14FN3O4. The van der Waals surface area contributed by atoms with Gasteiger partial charge in [-0.15, -0.1) is 0 Å². The molecule has 0 atom stereocenters. The zero-order chi connectivity index (χ0) is 17.0. The predicted octanol–water partition coefficient (Wildman–Crippen LogP) is 0.371. The van der Waals surface area contributed by atoms with Gasteiger partial charge in [0.25, 0.3) is 5.91 Å². The number of β-amino-alcohol motifs (C(OH)–C–C–N with tert-alkyl or cyclic N) is 1. The van der Waals surface area contributed by atoms with Crippen LogP contribution in [-0.4, -0.2) is 48.7 Å². The number of nitriles is 1. The second-order valence-electron chi connectivity index (χ2n) is 4.73. The number of esters is 1. The standard InChI is InChI=1S/C15H14FN3O4/c1-23-15(22)11-8-19(4-5-20)14(21)13(11)18-10-2-3-12(16)9(6-10)7-17/h2-3,6,18,20H,4-5,8H2,1H3. The van der Waals surface area contributed by atoms with E-state index in [0.717, 1.165) is 6.07 Å². The zero-order valence-electron chi connectivity index (χ0n) is 12.3. The van der Waals surface area contributed by atoms with Crippen LogP contribution < -0.4 is 5.32 Å². The molecule has 120 valence electrons. The van der Waals surface area contributed by atoms with Gasteiger partial charge in [-0.25, -0.2) is 9.18 Å². The molecule has 1 aromatic rings. The van der Waals surface area contributed by atoms with Crippen LogP contribution in [-0.2, 0) is 14.3 Å². The Morgan fingerprint density at radius 3 is 2.91 bits per heavy atom. The number of nitrogens with one attached hydrogen (secondary N) is 1.